The molecule has 0 saturated heterocycles. The Morgan fingerprint density at radius 1 is 0.857 bits per heavy atom. The lowest BCUT2D eigenvalue weighted by Gasteiger charge is -2.11. The molecule has 0 heterocycles. The van der Waals surface area contributed by atoms with Crippen molar-refractivity contribution in [2.24, 2.45) is 0 Å². The van der Waals surface area contributed by atoms with E-state index in [-0.39, 0.29) is 5.78 Å². The Kier molecular flexibility index (Phi) is 11.0. The normalized spacial score (nSPS) is 10.8. The number of nitrogens with one attached hydrogen (secondary N) is 1. The number of carbonyl (C=O) groups is 1. The number of carbonyl (C=O) groups excluding carboxylic acids is 1. The average molecular weight is 382 g/mol. The van der Waals surface area contributed by atoms with Crippen LogP contribution in [-0.4, -0.2) is 25.5 Å². The van der Waals surface area contributed by atoms with Crippen molar-refractivity contribution in [2.75, 3.05) is 19.7 Å². The van der Waals surface area contributed by atoms with Gasteiger partial charge in [-0.05, 0) is 56.5 Å². The van der Waals surface area contributed by atoms with E-state index < -0.39 is 0 Å². The highest BCUT2D eigenvalue weighted by Gasteiger charge is 2.11. The fraction of sp³-hybridized carbons (Fsp3) is 0.480. The minimum Gasteiger partial charge on any atom is -0.493 e. The Balaban J connectivity index is 1.67. The molecule has 28 heavy (non-hydrogen) atoms. The molecule has 2 aromatic carbocycles. The molecule has 1 N–H and O–H groups in total. The molecule has 0 saturated carbocycles. The maximum atomic E-state index is 12.6. The van der Waals surface area contributed by atoms with Crippen molar-refractivity contribution in [3.8, 4) is 5.75 Å². The van der Waals surface area contributed by atoms with Gasteiger partial charge in [0.25, 0.3) is 0 Å². The highest BCUT2D eigenvalue weighted by molar-refractivity contribution is 5.98. The first kappa shape index (κ1) is 22.2. The third-order valence-electron chi connectivity index (χ3n) is 4.86. The summed E-state index contributed by atoms with van der Waals surface area (Å²) in [5.41, 5.74) is 1.99. The molecular formula is C25H35NO2. The van der Waals surface area contributed by atoms with Crippen molar-refractivity contribution in [3.63, 3.8) is 0 Å². The zero-order chi connectivity index (χ0) is 19.9. The summed E-state index contributed by atoms with van der Waals surface area (Å²) < 4.78 is 5.91. The number of para-hydroxylation sites is 1. The van der Waals surface area contributed by atoms with E-state index in [0.717, 1.165) is 38.1 Å². The number of ketones is 1. The molecule has 3 heteroatoms. The summed E-state index contributed by atoms with van der Waals surface area (Å²) in [7, 11) is 0. The van der Waals surface area contributed by atoms with E-state index in [0.29, 0.717) is 18.6 Å². The number of ether oxygens (including phenoxy) is 1. The van der Waals surface area contributed by atoms with Crippen LogP contribution < -0.4 is 10.1 Å². The Bertz CT molecular complexity index is 669. The first-order valence-corrected chi connectivity index (χ1v) is 10.8. The Morgan fingerprint density at radius 3 is 2.43 bits per heavy atom. The average Bonchev–Trinajstić information content (AvgIpc) is 2.73. The summed E-state index contributed by atoms with van der Waals surface area (Å²) in [6, 6.07) is 18.0. The Morgan fingerprint density at radius 2 is 1.61 bits per heavy atom. The summed E-state index contributed by atoms with van der Waals surface area (Å²) in [5.74, 6) is 0.885. The molecule has 0 aliphatic rings. The van der Waals surface area contributed by atoms with E-state index in [1.807, 2.05) is 42.5 Å². The molecule has 0 aliphatic carbocycles. The molecule has 0 aromatic heterocycles. The van der Waals surface area contributed by atoms with Gasteiger partial charge in [0.2, 0.25) is 0 Å². The van der Waals surface area contributed by atoms with E-state index >= 15 is 0 Å². The molecule has 0 spiro atoms. The predicted molar refractivity (Wildman–Crippen MR) is 117 cm³/mol. The van der Waals surface area contributed by atoms with Gasteiger partial charge in [-0.15, -0.1) is 0 Å². The van der Waals surface area contributed by atoms with Gasteiger partial charge in [0, 0.05) is 6.42 Å². The van der Waals surface area contributed by atoms with E-state index in [9.17, 15) is 4.79 Å². The maximum absolute atomic E-state index is 12.6. The molecular weight excluding hydrogens is 346 g/mol. The van der Waals surface area contributed by atoms with Gasteiger partial charge in [-0.25, -0.2) is 0 Å². The Hall–Kier alpha value is -2.13. The second-order valence-corrected chi connectivity index (χ2v) is 7.27. The smallest absolute Gasteiger partial charge is 0.166 e. The second kappa shape index (κ2) is 14.0. The number of aryl methyl sites for hydroxylation is 1. The summed E-state index contributed by atoms with van der Waals surface area (Å²) in [4.78, 5) is 12.6. The molecule has 0 amide bonds. The fourth-order valence-corrected chi connectivity index (χ4v) is 3.24. The molecule has 0 radical (unpaired) electrons. The molecule has 0 fully saturated rings. The van der Waals surface area contributed by atoms with Gasteiger partial charge in [0.1, 0.15) is 5.75 Å². The molecule has 0 unspecified atom stereocenters. The number of benzene rings is 2. The van der Waals surface area contributed by atoms with Crippen LogP contribution in [0.4, 0.5) is 0 Å². The molecule has 152 valence electrons. The fourth-order valence-electron chi connectivity index (χ4n) is 3.24. The number of unbranched alkanes of at least 4 members (excludes halogenated alkanes) is 3. The van der Waals surface area contributed by atoms with Crippen LogP contribution in [0.1, 0.15) is 67.8 Å². The van der Waals surface area contributed by atoms with Gasteiger partial charge in [-0.1, -0.05) is 68.7 Å². The highest BCUT2D eigenvalue weighted by atomic mass is 16.5. The van der Waals surface area contributed by atoms with Crippen LogP contribution in [0, 0.1) is 0 Å². The van der Waals surface area contributed by atoms with Crippen LogP contribution in [0.5, 0.6) is 5.75 Å². The second-order valence-electron chi connectivity index (χ2n) is 7.27. The standard InChI is InChI=1S/C25H35NO2/c1-2-3-4-10-19-26-20-12-21-28-25-18-9-8-16-23(25)24(27)17-11-15-22-13-6-5-7-14-22/h5-9,13-14,16,18,26H,2-4,10-12,15,17,19-21H2,1H3. The minimum atomic E-state index is 0.167. The van der Waals surface area contributed by atoms with Crippen LogP contribution >= 0.6 is 0 Å². The minimum absolute atomic E-state index is 0.167. The maximum Gasteiger partial charge on any atom is 0.166 e. The van der Waals surface area contributed by atoms with Crippen molar-refractivity contribution in [1.82, 2.24) is 5.32 Å². The van der Waals surface area contributed by atoms with Crippen LogP contribution in [-0.2, 0) is 6.42 Å². The van der Waals surface area contributed by atoms with Crippen molar-refractivity contribution in [1.29, 1.82) is 0 Å². The van der Waals surface area contributed by atoms with Crippen molar-refractivity contribution in [3.05, 3.63) is 65.7 Å². The lowest BCUT2D eigenvalue weighted by molar-refractivity contribution is 0.0976. The summed E-state index contributed by atoms with van der Waals surface area (Å²) in [5, 5.41) is 3.46. The number of hydrogen-bond donors (Lipinski definition) is 1. The van der Waals surface area contributed by atoms with Crippen molar-refractivity contribution in [2.45, 2.75) is 58.3 Å². The SMILES string of the molecule is CCCCCCNCCCOc1ccccc1C(=O)CCCc1ccccc1. The predicted octanol–water partition coefficient (Wildman–Crippen LogP) is 5.83. The Labute approximate surface area is 170 Å². The van der Waals surface area contributed by atoms with Gasteiger partial charge in [0.15, 0.2) is 5.78 Å². The highest BCUT2D eigenvalue weighted by Crippen LogP contribution is 2.21. The topological polar surface area (TPSA) is 38.3 Å². The first-order chi connectivity index (χ1) is 13.8. The molecule has 2 rings (SSSR count). The van der Waals surface area contributed by atoms with Crippen LogP contribution in [0.15, 0.2) is 54.6 Å². The van der Waals surface area contributed by atoms with Gasteiger partial charge in [-0.3, -0.25) is 4.79 Å². The van der Waals surface area contributed by atoms with Gasteiger partial charge >= 0.3 is 0 Å². The lowest BCUT2D eigenvalue weighted by atomic mass is 10.0. The van der Waals surface area contributed by atoms with Crippen LogP contribution in [0.3, 0.4) is 0 Å². The van der Waals surface area contributed by atoms with E-state index in [4.69, 9.17) is 4.74 Å². The summed E-state index contributed by atoms with van der Waals surface area (Å²) in [6.45, 7) is 4.91. The molecule has 0 atom stereocenters. The van der Waals surface area contributed by atoms with E-state index in [1.54, 1.807) is 0 Å². The molecule has 3 nitrogen and oxygen atoms in total. The largest absolute Gasteiger partial charge is 0.493 e. The summed E-state index contributed by atoms with van der Waals surface area (Å²) in [6.07, 6.45) is 8.44. The van der Waals surface area contributed by atoms with Crippen LogP contribution in [0.2, 0.25) is 0 Å². The lowest BCUT2D eigenvalue weighted by Crippen LogP contribution is -2.19. The van der Waals surface area contributed by atoms with Gasteiger partial charge < -0.3 is 10.1 Å². The van der Waals surface area contributed by atoms with Crippen molar-refractivity contribution >= 4 is 5.78 Å². The summed E-state index contributed by atoms with van der Waals surface area (Å²) >= 11 is 0. The monoisotopic (exact) mass is 381 g/mol. The molecule has 0 bridgehead atoms. The van der Waals surface area contributed by atoms with Gasteiger partial charge in [0.05, 0.1) is 12.2 Å². The third-order valence-corrected chi connectivity index (χ3v) is 4.86. The van der Waals surface area contributed by atoms with Gasteiger partial charge in [-0.2, -0.15) is 0 Å². The molecule has 0 aliphatic heterocycles. The molecule has 2 aromatic rings. The van der Waals surface area contributed by atoms with Crippen LogP contribution in [0.25, 0.3) is 0 Å². The third kappa shape index (κ3) is 8.71. The van der Waals surface area contributed by atoms with E-state index in [2.05, 4.69) is 24.4 Å². The van der Waals surface area contributed by atoms with E-state index in [1.165, 1.54) is 31.2 Å². The number of hydrogen-bond acceptors (Lipinski definition) is 3. The number of Topliss-reactive ketones (excluding diaryl/α,β-unsaturated/α-hetero) is 1. The quantitative estimate of drug-likeness (QED) is 0.311. The van der Waals surface area contributed by atoms with Crippen molar-refractivity contribution < 1.29 is 9.53 Å². The first-order valence-electron chi connectivity index (χ1n) is 10.8. The zero-order valence-corrected chi connectivity index (χ0v) is 17.3. The zero-order valence-electron chi connectivity index (χ0n) is 17.3. The number of rotatable bonds is 15.